The highest BCUT2D eigenvalue weighted by Crippen LogP contribution is 2.12. The maximum atomic E-state index is 12.7. The van der Waals surface area contributed by atoms with Crippen LogP contribution in [0.2, 0.25) is 0 Å². The van der Waals surface area contributed by atoms with Crippen molar-refractivity contribution in [1.29, 1.82) is 0 Å². The third-order valence-corrected chi connectivity index (χ3v) is 9.69. The molecule has 55 heavy (non-hydrogen) atoms. The van der Waals surface area contributed by atoms with Crippen molar-refractivity contribution in [2.24, 2.45) is 0 Å². The fraction of sp³-hybridized carbons (Fsp3) is 0.766. The van der Waals surface area contributed by atoms with Gasteiger partial charge in [0.2, 0.25) is 0 Å². The average Bonchev–Trinajstić information content (AvgIpc) is 3.14. The molecule has 0 aliphatic heterocycles. The van der Waals surface area contributed by atoms with Gasteiger partial charge < -0.3 is 28.6 Å². The van der Waals surface area contributed by atoms with Crippen LogP contribution in [0.3, 0.4) is 0 Å². The topological polar surface area (TPSA) is 102 Å². The Kier molecular flexibility index (Phi) is 36.3. The minimum atomic E-state index is -1.13. The number of aliphatic carboxylic acids is 1. The van der Waals surface area contributed by atoms with Crippen LogP contribution < -0.4 is 5.11 Å². The quantitative estimate of drug-likeness (QED) is 0.0265. The van der Waals surface area contributed by atoms with Gasteiger partial charge in [-0.3, -0.25) is 9.59 Å². The average molecular weight is 774 g/mol. The van der Waals surface area contributed by atoms with E-state index in [-0.39, 0.29) is 55.5 Å². The summed E-state index contributed by atoms with van der Waals surface area (Å²) in [5, 5.41) is 11.6. The first-order valence-electron chi connectivity index (χ1n) is 22.2. The molecular formula is C47H83NO7. The second kappa shape index (κ2) is 38.2. The summed E-state index contributed by atoms with van der Waals surface area (Å²) in [6.45, 7) is 4.58. The van der Waals surface area contributed by atoms with Crippen LogP contribution >= 0.6 is 0 Å². The molecule has 0 spiro atoms. The van der Waals surface area contributed by atoms with E-state index < -0.39 is 18.1 Å². The fourth-order valence-corrected chi connectivity index (χ4v) is 6.20. The van der Waals surface area contributed by atoms with Crippen molar-refractivity contribution in [2.45, 2.75) is 193 Å². The third kappa shape index (κ3) is 36.7. The second-order valence-electron chi connectivity index (χ2n) is 15.9. The Labute approximate surface area is 337 Å². The molecule has 0 bridgehead atoms. The van der Waals surface area contributed by atoms with E-state index in [2.05, 4.69) is 62.5 Å². The summed E-state index contributed by atoms with van der Waals surface area (Å²) in [6.07, 6.45) is 44.3. The largest absolute Gasteiger partial charge is 0.544 e. The molecule has 0 saturated carbocycles. The van der Waals surface area contributed by atoms with Crippen LogP contribution in [0.4, 0.5) is 0 Å². The van der Waals surface area contributed by atoms with Gasteiger partial charge >= 0.3 is 11.9 Å². The molecule has 0 heterocycles. The molecule has 8 heteroatoms. The lowest BCUT2D eigenvalue weighted by Crippen LogP contribution is -2.55. The Morgan fingerprint density at radius 3 is 1.49 bits per heavy atom. The van der Waals surface area contributed by atoms with E-state index in [1.807, 2.05) is 0 Å². The fourth-order valence-electron chi connectivity index (χ4n) is 6.20. The van der Waals surface area contributed by atoms with E-state index in [0.717, 1.165) is 51.4 Å². The Balaban J connectivity index is 4.45. The maximum absolute atomic E-state index is 12.7. The number of allylic oxidation sites excluding steroid dienone is 8. The van der Waals surface area contributed by atoms with Gasteiger partial charge in [0.05, 0.1) is 40.3 Å². The van der Waals surface area contributed by atoms with Crippen molar-refractivity contribution < 1.29 is 38.2 Å². The van der Waals surface area contributed by atoms with Gasteiger partial charge in [0, 0.05) is 19.3 Å². The Hall–Kier alpha value is -2.71. The summed E-state index contributed by atoms with van der Waals surface area (Å²) in [6, 6.07) is -0.735. The van der Waals surface area contributed by atoms with Crippen molar-refractivity contribution in [2.75, 3.05) is 41.0 Å². The lowest BCUT2D eigenvalue weighted by atomic mass is 10.1. The first kappa shape index (κ1) is 52.3. The van der Waals surface area contributed by atoms with E-state index in [9.17, 15) is 19.5 Å². The van der Waals surface area contributed by atoms with Gasteiger partial charge in [0.1, 0.15) is 12.6 Å². The minimum Gasteiger partial charge on any atom is -0.544 e. The van der Waals surface area contributed by atoms with Crippen LogP contribution in [-0.4, -0.2) is 75.5 Å². The van der Waals surface area contributed by atoms with Crippen molar-refractivity contribution in [1.82, 2.24) is 0 Å². The Morgan fingerprint density at radius 1 is 0.545 bits per heavy atom. The summed E-state index contributed by atoms with van der Waals surface area (Å²) in [7, 11) is 5.38. The van der Waals surface area contributed by atoms with Crippen molar-refractivity contribution in [3.8, 4) is 0 Å². The van der Waals surface area contributed by atoms with E-state index in [1.54, 1.807) is 21.1 Å². The molecule has 8 nitrogen and oxygen atoms in total. The number of unbranched alkanes of at least 4 members (excludes halogenated alkanes) is 17. The van der Waals surface area contributed by atoms with E-state index in [4.69, 9.17) is 14.2 Å². The van der Waals surface area contributed by atoms with Crippen LogP contribution in [-0.2, 0) is 28.6 Å². The standard InChI is InChI=1S/C47H83NO7/c1-6-8-10-12-14-16-18-20-22-23-24-26-27-29-31-33-35-37-45(49)54-42-43(41-53-40-39-44(47(51)52)48(3,4)5)55-46(50)38-36-34-32-30-28-25-21-19-17-15-13-11-9-7-2/h20,22,24-26,28-29,31,43-44H,6-19,21,23,27,30,32-42H2,1-5H3/b22-20+,26-24+,28-25+,31-29+. The van der Waals surface area contributed by atoms with E-state index in [0.29, 0.717) is 6.42 Å². The number of hydrogen-bond acceptors (Lipinski definition) is 7. The molecule has 0 N–H and O–H groups in total. The van der Waals surface area contributed by atoms with Crippen LogP contribution in [0.5, 0.6) is 0 Å². The third-order valence-electron chi connectivity index (χ3n) is 9.69. The van der Waals surface area contributed by atoms with Gasteiger partial charge in [-0.25, -0.2) is 0 Å². The number of nitrogens with zero attached hydrogens (tertiary/aromatic N) is 1. The summed E-state index contributed by atoms with van der Waals surface area (Å²) in [5.74, 6) is -1.82. The molecule has 2 unspecified atom stereocenters. The smallest absolute Gasteiger partial charge is 0.306 e. The molecular weight excluding hydrogens is 691 g/mol. The molecule has 0 aromatic heterocycles. The van der Waals surface area contributed by atoms with Gasteiger partial charge in [-0.1, -0.05) is 140 Å². The summed E-state index contributed by atoms with van der Waals surface area (Å²) in [5.41, 5.74) is 0. The van der Waals surface area contributed by atoms with Crippen LogP contribution in [0.25, 0.3) is 0 Å². The number of carboxylic acids is 1. The van der Waals surface area contributed by atoms with Gasteiger partial charge in [-0.15, -0.1) is 0 Å². The number of ether oxygens (including phenoxy) is 3. The normalized spacial score (nSPS) is 13.4. The summed E-state index contributed by atoms with van der Waals surface area (Å²) in [4.78, 5) is 36.8. The zero-order valence-electron chi connectivity index (χ0n) is 36.1. The van der Waals surface area contributed by atoms with Crippen molar-refractivity contribution in [3.05, 3.63) is 48.6 Å². The zero-order valence-corrected chi connectivity index (χ0v) is 36.1. The van der Waals surface area contributed by atoms with Crippen molar-refractivity contribution in [3.63, 3.8) is 0 Å². The van der Waals surface area contributed by atoms with E-state index in [1.165, 1.54) is 89.9 Å². The van der Waals surface area contributed by atoms with Gasteiger partial charge in [-0.05, 0) is 70.6 Å². The summed E-state index contributed by atoms with van der Waals surface area (Å²) >= 11 is 0. The number of carboxylic acid groups (broad SMARTS) is 1. The van der Waals surface area contributed by atoms with Gasteiger partial charge in [-0.2, -0.15) is 0 Å². The molecule has 0 saturated heterocycles. The number of carbonyl (C=O) groups is 3. The molecule has 2 atom stereocenters. The number of rotatable bonds is 39. The highest BCUT2D eigenvalue weighted by Gasteiger charge is 2.25. The van der Waals surface area contributed by atoms with Gasteiger partial charge in [0.25, 0.3) is 0 Å². The molecule has 318 valence electrons. The predicted octanol–water partition coefficient (Wildman–Crippen LogP) is 10.7. The predicted molar refractivity (Wildman–Crippen MR) is 226 cm³/mol. The number of carbonyl (C=O) groups excluding carboxylic acids is 3. The van der Waals surface area contributed by atoms with Gasteiger partial charge in [0.15, 0.2) is 6.10 Å². The highest BCUT2D eigenvalue weighted by atomic mass is 16.6. The first-order chi connectivity index (χ1) is 26.6. The molecule has 0 radical (unpaired) electrons. The molecule has 0 aromatic rings. The minimum absolute atomic E-state index is 0.0185. The van der Waals surface area contributed by atoms with Crippen molar-refractivity contribution >= 4 is 17.9 Å². The van der Waals surface area contributed by atoms with Crippen LogP contribution in [0, 0.1) is 0 Å². The number of quaternary nitrogens is 1. The monoisotopic (exact) mass is 774 g/mol. The molecule has 0 aromatic carbocycles. The molecule has 0 rings (SSSR count). The Morgan fingerprint density at radius 2 is 0.982 bits per heavy atom. The highest BCUT2D eigenvalue weighted by molar-refractivity contribution is 5.70. The second-order valence-corrected chi connectivity index (χ2v) is 15.9. The van der Waals surface area contributed by atoms with Crippen LogP contribution in [0.15, 0.2) is 48.6 Å². The Bertz CT molecular complexity index is 1040. The molecule has 0 amide bonds. The number of hydrogen-bond donors (Lipinski definition) is 0. The molecule has 0 fully saturated rings. The molecule has 0 aliphatic carbocycles. The summed E-state index contributed by atoms with van der Waals surface area (Å²) < 4.78 is 17.1. The van der Waals surface area contributed by atoms with Crippen LogP contribution in [0.1, 0.15) is 181 Å². The zero-order chi connectivity index (χ0) is 40.7. The lowest BCUT2D eigenvalue weighted by molar-refractivity contribution is -0.889. The SMILES string of the molecule is CCCCCCCC/C=C/C/C=C/C/C=C/CCCC(=O)OCC(COCCC(C(=O)[O-])[N+](C)(C)C)OC(=O)CCCCC/C=C/CCCCCCCCC. The molecule has 0 aliphatic rings. The number of likely N-dealkylation sites (N-methyl/N-ethyl adjacent to an activating group) is 1. The first-order valence-corrected chi connectivity index (χ1v) is 22.2. The van der Waals surface area contributed by atoms with E-state index >= 15 is 0 Å². The lowest BCUT2D eigenvalue weighted by Gasteiger charge is -2.34. The number of esters is 2. The maximum Gasteiger partial charge on any atom is 0.306 e.